The molecule has 1 aromatic heterocycles. The molecule has 5 rings (SSSR count). The van der Waals surface area contributed by atoms with Crippen LogP contribution in [0.5, 0.6) is 0 Å². The zero-order valence-electron chi connectivity index (χ0n) is 17.4. The number of fused-ring (bicyclic) bond motifs is 3. The van der Waals surface area contributed by atoms with Crippen LogP contribution in [0.1, 0.15) is 56.1 Å². The molecule has 0 aliphatic heterocycles. The highest BCUT2D eigenvalue weighted by Crippen LogP contribution is 2.42. The predicted octanol–water partition coefficient (Wildman–Crippen LogP) is 7.96. The van der Waals surface area contributed by atoms with Crippen LogP contribution >= 0.6 is 0 Å². The summed E-state index contributed by atoms with van der Waals surface area (Å²) in [6.07, 6.45) is 7.67. The molecule has 1 fully saturated rings. The van der Waals surface area contributed by atoms with Crippen LogP contribution in [0.3, 0.4) is 0 Å². The van der Waals surface area contributed by atoms with Gasteiger partial charge in [0.25, 0.3) is 0 Å². The van der Waals surface area contributed by atoms with E-state index in [0.717, 1.165) is 23.3 Å². The molecule has 0 unspecified atom stereocenters. The van der Waals surface area contributed by atoms with E-state index in [0.29, 0.717) is 5.92 Å². The molecule has 1 heterocycles. The van der Waals surface area contributed by atoms with Gasteiger partial charge < -0.3 is 9.32 Å². The molecular weight excluding hydrogens is 354 g/mol. The van der Waals surface area contributed by atoms with Gasteiger partial charge in [0.2, 0.25) is 0 Å². The van der Waals surface area contributed by atoms with Crippen molar-refractivity contribution >= 4 is 33.3 Å². The number of nitrogens with zero attached hydrogens (tertiary/aromatic N) is 1. The molecule has 148 valence electrons. The Labute approximate surface area is 173 Å². The highest BCUT2D eigenvalue weighted by atomic mass is 16.3. The highest BCUT2D eigenvalue weighted by Gasteiger charge is 2.22. The van der Waals surface area contributed by atoms with Crippen LogP contribution in [0, 0.1) is 0 Å². The summed E-state index contributed by atoms with van der Waals surface area (Å²) in [6, 6.07) is 22.0. The van der Waals surface area contributed by atoms with Gasteiger partial charge in [-0.05, 0) is 48.4 Å². The van der Waals surface area contributed by atoms with E-state index in [-0.39, 0.29) is 0 Å². The van der Waals surface area contributed by atoms with Crippen LogP contribution in [0.25, 0.3) is 21.9 Å². The number of rotatable bonds is 4. The summed E-state index contributed by atoms with van der Waals surface area (Å²) in [5.74, 6) is 0.670. The first-order valence-electron chi connectivity index (χ1n) is 11.0. The molecule has 2 heteroatoms. The number of aryl methyl sites for hydroxylation is 1. The SMILES string of the molecule is CCc1cccc2c1oc1c(N(C)c3ccccc3C3CCCCC3)cccc12. The van der Waals surface area contributed by atoms with Gasteiger partial charge in [0.1, 0.15) is 5.58 Å². The average Bonchev–Trinajstić information content (AvgIpc) is 3.18. The number of furan rings is 1. The molecule has 3 aromatic carbocycles. The summed E-state index contributed by atoms with van der Waals surface area (Å²) >= 11 is 0. The lowest BCUT2D eigenvalue weighted by molar-refractivity contribution is 0.444. The summed E-state index contributed by atoms with van der Waals surface area (Å²) in [7, 11) is 2.18. The van der Waals surface area contributed by atoms with Gasteiger partial charge in [-0.15, -0.1) is 0 Å². The van der Waals surface area contributed by atoms with Crippen molar-refractivity contribution in [1.82, 2.24) is 0 Å². The third kappa shape index (κ3) is 3.11. The van der Waals surface area contributed by atoms with Gasteiger partial charge in [-0.1, -0.05) is 74.7 Å². The number of anilines is 2. The van der Waals surface area contributed by atoms with E-state index in [9.17, 15) is 0 Å². The van der Waals surface area contributed by atoms with Gasteiger partial charge in [-0.2, -0.15) is 0 Å². The Morgan fingerprint density at radius 3 is 2.28 bits per heavy atom. The second kappa shape index (κ2) is 7.59. The lowest BCUT2D eigenvalue weighted by Gasteiger charge is -2.29. The van der Waals surface area contributed by atoms with Gasteiger partial charge >= 0.3 is 0 Å². The zero-order valence-corrected chi connectivity index (χ0v) is 17.4. The molecule has 4 aromatic rings. The van der Waals surface area contributed by atoms with Crippen LogP contribution in [0.2, 0.25) is 0 Å². The zero-order chi connectivity index (χ0) is 19.8. The van der Waals surface area contributed by atoms with Crippen molar-refractivity contribution in [2.75, 3.05) is 11.9 Å². The van der Waals surface area contributed by atoms with Gasteiger partial charge in [0.15, 0.2) is 5.58 Å². The van der Waals surface area contributed by atoms with E-state index < -0.39 is 0 Å². The van der Waals surface area contributed by atoms with Crippen molar-refractivity contribution in [3.8, 4) is 0 Å². The summed E-state index contributed by atoms with van der Waals surface area (Å²) in [4.78, 5) is 2.33. The summed E-state index contributed by atoms with van der Waals surface area (Å²) in [5, 5.41) is 2.42. The van der Waals surface area contributed by atoms with E-state index in [4.69, 9.17) is 4.42 Å². The Kier molecular flexibility index (Phi) is 4.79. The Morgan fingerprint density at radius 1 is 0.793 bits per heavy atom. The fourth-order valence-electron chi connectivity index (χ4n) is 5.09. The van der Waals surface area contributed by atoms with E-state index in [1.807, 2.05) is 0 Å². The number of hydrogen-bond donors (Lipinski definition) is 0. The number of para-hydroxylation sites is 3. The maximum atomic E-state index is 6.49. The summed E-state index contributed by atoms with van der Waals surface area (Å²) < 4.78 is 6.49. The van der Waals surface area contributed by atoms with Crippen molar-refractivity contribution < 1.29 is 4.42 Å². The van der Waals surface area contributed by atoms with Crippen LogP contribution in [-0.4, -0.2) is 7.05 Å². The standard InChI is InChI=1S/C27H29NO/c1-3-19-13-9-15-22-23-16-10-18-25(27(23)29-26(19)22)28(2)24-17-8-7-14-21(24)20-11-5-4-6-12-20/h7-10,13-18,20H,3-6,11-12H2,1-2H3. The van der Waals surface area contributed by atoms with Crippen molar-refractivity contribution in [2.45, 2.75) is 51.4 Å². The average molecular weight is 384 g/mol. The normalized spacial score (nSPS) is 15.2. The fourth-order valence-corrected chi connectivity index (χ4v) is 5.09. The molecular formula is C27H29NO. The van der Waals surface area contributed by atoms with E-state index >= 15 is 0 Å². The molecule has 0 radical (unpaired) electrons. The van der Waals surface area contributed by atoms with Gasteiger partial charge in [-0.3, -0.25) is 0 Å². The quantitative estimate of drug-likeness (QED) is 0.355. The second-order valence-electron chi connectivity index (χ2n) is 8.36. The Bertz CT molecular complexity index is 1150. The van der Waals surface area contributed by atoms with Crippen molar-refractivity contribution in [1.29, 1.82) is 0 Å². The topological polar surface area (TPSA) is 16.4 Å². The number of hydrogen-bond acceptors (Lipinski definition) is 2. The van der Waals surface area contributed by atoms with Crippen molar-refractivity contribution in [2.24, 2.45) is 0 Å². The molecule has 0 atom stereocenters. The van der Waals surface area contributed by atoms with Gasteiger partial charge in [0, 0.05) is 23.5 Å². The molecule has 1 saturated carbocycles. The van der Waals surface area contributed by atoms with Crippen molar-refractivity contribution in [3.05, 3.63) is 71.8 Å². The third-order valence-corrected chi connectivity index (χ3v) is 6.67. The van der Waals surface area contributed by atoms with Crippen LogP contribution in [-0.2, 0) is 6.42 Å². The van der Waals surface area contributed by atoms with Crippen LogP contribution < -0.4 is 4.90 Å². The highest BCUT2D eigenvalue weighted by molar-refractivity contribution is 6.10. The fraction of sp³-hybridized carbons (Fsp3) is 0.333. The third-order valence-electron chi connectivity index (χ3n) is 6.67. The molecule has 0 bridgehead atoms. The lowest BCUT2D eigenvalue weighted by Crippen LogP contribution is -2.15. The predicted molar refractivity (Wildman–Crippen MR) is 123 cm³/mol. The molecule has 2 nitrogen and oxygen atoms in total. The van der Waals surface area contributed by atoms with E-state index in [1.165, 1.54) is 59.7 Å². The number of benzene rings is 3. The second-order valence-corrected chi connectivity index (χ2v) is 8.36. The molecule has 0 N–H and O–H groups in total. The Hall–Kier alpha value is -2.74. The minimum Gasteiger partial charge on any atom is -0.454 e. The smallest absolute Gasteiger partial charge is 0.159 e. The lowest BCUT2D eigenvalue weighted by atomic mass is 9.83. The minimum absolute atomic E-state index is 0.670. The maximum Gasteiger partial charge on any atom is 0.159 e. The molecule has 0 amide bonds. The van der Waals surface area contributed by atoms with Crippen LogP contribution in [0.4, 0.5) is 11.4 Å². The molecule has 0 saturated heterocycles. The first-order valence-corrected chi connectivity index (χ1v) is 11.0. The van der Waals surface area contributed by atoms with Gasteiger partial charge in [0.05, 0.1) is 5.69 Å². The van der Waals surface area contributed by atoms with Crippen LogP contribution in [0.15, 0.2) is 65.1 Å². The van der Waals surface area contributed by atoms with E-state index in [1.54, 1.807) is 0 Å². The monoisotopic (exact) mass is 383 g/mol. The van der Waals surface area contributed by atoms with Crippen molar-refractivity contribution in [3.63, 3.8) is 0 Å². The molecule has 29 heavy (non-hydrogen) atoms. The minimum atomic E-state index is 0.670. The Morgan fingerprint density at radius 2 is 1.48 bits per heavy atom. The molecule has 0 spiro atoms. The summed E-state index contributed by atoms with van der Waals surface area (Å²) in [5.41, 5.74) is 7.23. The van der Waals surface area contributed by atoms with Gasteiger partial charge in [-0.25, -0.2) is 0 Å². The first kappa shape index (κ1) is 18.3. The molecule has 1 aliphatic carbocycles. The van der Waals surface area contributed by atoms with E-state index in [2.05, 4.69) is 79.5 Å². The molecule has 1 aliphatic rings. The Balaban J connectivity index is 1.65. The largest absolute Gasteiger partial charge is 0.454 e. The maximum absolute atomic E-state index is 6.49. The summed E-state index contributed by atoms with van der Waals surface area (Å²) in [6.45, 7) is 2.19. The first-order chi connectivity index (χ1) is 14.3.